The number of hydrogen-bond donors (Lipinski definition) is 2. The van der Waals surface area contributed by atoms with Gasteiger partial charge in [0.25, 0.3) is 0 Å². The van der Waals surface area contributed by atoms with Crippen LogP contribution in [0.3, 0.4) is 0 Å². The first-order valence-electron chi connectivity index (χ1n) is 6.40. The second kappa shape index (κ2) is 6.39. The normalized spacial score (nSPS) is 12.9. The molecular formula is C14H18Br2N4. The zero-order valence-electron chi connectivity index (χ0n) is 11.7. The first-order chi connectivity index (χ1) is 9.43. The third kappa shape index (κ3) is 3.14. The van der Waals surface area contributed by atoms with Gasteiger partial charge in [-0.1, -0.05) is 22.0 Å². The van der Waals surface area contributed by atoms with Gasteiger partial charge in [0, 0.05) is 10.5 Å². The van der Waals surface area contributed by atoms with Crippen molar-refractivity contribution < 1.29 is 0 Å². The molecule has 1 heterocycles. The highest BCUT2D eigenvalue weighted by Gasteiger charge is 2.22. The van der Waals surface area contributed by atoms with Gasteiger partial charge in [0.15, 0.2) is 0 Å². The number of nitrogens with one attached hydrogen (secondary N) is 1. The van der Waals surface area contributed by atoms with Gasteiger partial charge in [-0.2, -0.15) is 5.10 Å². The van der Waals surface area contributed by atoms with Crippen molar-refractivity contribution in [2.75, 3.05) is 0 Å². The quantitative estimate of drug-likeness (QED) is 0.604. The summed E-state index contributed by atoms with van der Waals surface area (Å²) in [5.74, 6) is 5.81. The van der Waals surface area contributed by atoms with Crippen LogP contribution in [0, 0.1) is 6.92 Å². The maximum atomic E-state index is 5.81. The van der Waals surface area contributed by atoms with E-state index in [2.05, 4.69) is 81.4 Å². The number of aryl methyl sites for hydroxylation is 1. The summed E-state index contributed by atoms with van der Waals surface area (Å²) < 4.78 is 3.97. The molecule has 0 fully saturated rings. The molecule has 2 aromatic rings. The fourth-order valence-electron chi connectivity index (χ4n) is 2.30. The molecule has 0 aliphatic rings. The van der Waals surface area contributed by atoms with Crippen LogP contribution in [0.15, 0.2) is 33.3 Å². The van der Waals surface area contributed by atoms with E-state index in [1.165, 1.54) is 5.56 Å². The van der Waals surface area contributed by atoms with Gasteiger partial charge in [-0.25, -0.2) is 5.43 Å². The maximum Gasteiger partial charge on any atom is 0.0890 e. The zero-order chi connectivity index (χ0) is 14.9. The monoisotopic (exact) mass is 400 g/mol. The van der Waals surface area contributed by atoms with Gasteiger partial charge < -0.3 is 0 Å². The summed E-state index contributed by atoms with van der Waals surface area (Å²) in [5, 5.41) is 4.42. The van der Waals surface area contributed by atoms with Crippen LogP contribution in [0.4, 0.5) is 0 Å². The van der Waals surface area contributed by atoms with Gasteiger partial charge in [-0.3, -0.25) is 10.5 Å². The van der Waals surface area contributed by atoms with Crippen molar-refractivity contribution in [1.29, 1.82) is 0 Å². The van der Waals surface area contributed by atoms with E-state index in [0.29, 0.717) is 0 Å². The Morgan fingerprint density at radius 1 is 1.25 bits per heavy atom. The molecule has 4 nitrogen and oxygen atoms in total. The average Bonchev–Trinajstić information content (AvgIpc) is 2.72. The number of halogens is 2. The molecule has 0 amide bonds. The Morgan fingerprint density at radius 3 is 2.50 bits per heavy atom. The van der Waals surface area contributed by atoms with E-state index >= 15 is 0 Å². The lowest BCUT2D eigenvalue weighted by Gasteiger charge is -2.21. The van der Waals surface area contributed by atoms with E-state index in [0.717, 1.165) is 20.2 Å². The van der Waals surface area contributed by atoms with Crippen molar-refractivity contribution in [2.45, 2.75) is 32.9 Å². The lowest BCUT2D eigenvalue weighted by atomic mass is 10.0. The van der Waals surface area contributed by atoms with Crippen molar-refractivity contribution >= 4 is 31.9 Å². The highest BCUT2D eigenvalue weighted by Crippen LogP contribution is 2.31. The van der Waals surface area contributed by atoms with Gasteiger partial charge in [-0.15, -0.1) is 0 Å². The predicted molar refractivity (Wildman–Crippen MR) is 88.4 cm³/mol. The van der Waals surface area contributed by atoms with Gasteiger partial charge in [-0.05, 0) is 60.0 Å². The Morgan fingerprint density at radius 2 is 1.95 bits per heavy atom. The van der Waals surface area contributed by atoms with Crippen molar-refractivity contribution in [3.8, 4) is 0 Å². The number of nitrogens with zero attached hydrogens (tertiary/aromatic N) is 2. The molecule has 1 aromatic heterocycles. The number of nitrogens with two attached hydrogens (primary N) is 1. The Balaban J connectivity index is 2.55. The van der Waals surface area contributed by atoms with Crippen LogP contribution < -0.4 is 11.3 Å². The molecule has 20 heavy (non-hydrogen) atoms. The molecule has 0 saturated heterocycles. The highest BCUT2D eigenvalue weighted by molar-refractivity contribution is 9.10. The van der Waals surface area contributed by atoms with Gasteiger partial charge in [0.2, 0.25) is 0 Å². The Kier molecular flexibility index (Phi) is 5.01. The zero-order valence-corrected chi connectivity index (χ0v) is 14.9. The van der Waals surface area contributed by atoms with Crippen LogP contribution in [-0.2, 0) is 0 Å². The summed E-state index contributed by atoms with van der Waals surface area (Å²) in [6, 6.07) is 6.42. The van der Waals surface area contributed by atoms with Gasteiger partial charge in [0.1, 0.15) is 0 Å². The molecule has 2 rings (SSSR count). The van der Waals surface area contributed by atoms with Crippen molar-refractivity contribution in [3.05, 3.63) is 50.2 Å². The number of rotatable bonds is 4. The number of hydrogen-bond acceptors (Lipinski definition) is 3. The molecule has 1 atom stereocenters. The average molecular weight is 402 g/mol. The number of hydrazine groups is 1. The van der Waals surface area contributed by atoms with Crippen LogP contribution in [0.1, 0.15) is 42.8 Å². The van der Waals surface area contributed by atoms with Crippen LogP contribution in [-0.4, -0.2) is 9.78 Å². The van der Waals surface area contributed by atoms with Crippen molar-refractivity contribution in [1.82, 2.24) is 15.2 Å². The van der Waals surface area contributed by atoms with E-state index in [-0.39, 0.29) is 12.1 Å². The molecule has 0 aliphatic heterocycles. The summed E-state index contributed by atoms with van der Waals surface area (Å²) in [5.41, 5.74) is 6.21. The van der Waals surface area contributed by atoms with E-state index in [9.17, 15) is 0 Å². The topological polar surface area (TPSA) is 55.9 Å². The standard InChI is InChI=1S/C14H18Br2N4/c1-8(2)20-14(12(16)7-18-20)13(19-17)10-4-9(3)5-11(15)6-10/h4-8,13,19H,17H2,1-3H3. The molecule has 0 bridgehead atoms. The largest absolute Gasteiger partial charge is 0.271 e. The molecular weight excluding hydrogens is 384 g/mol. The smallest absolute Gasteiger partial charge is 0.0890 e. The Labute approximate surface area is 136 Å². The molecule has 1 aromatic carbocycles. The Hall–Kier alpha value is -0.690. The second-order valence-electron chi connectivity index (χ2n) is 5.08. The minimum atomic E-state index is -0.120. The molecule has 0 spiro atoms. The van der Waals surface area contributed by atoms with Crippen LogP contribution in [0.2, 0.25) is 0 Å². The molecule has 0 aliphatic carbocycles. The first kappa shape index (κ1) is 15.7. The lowest BCUT2D eigenvalue weighted by molar-refractivity contribution is 0.475. The number of benzene rings is 1. The summed E-state index contributed by atoms with van der Waals surface area (Å²) in [7, 11) is 0. The third-order valence-corrected chi connectivity index (χ3v) is 4.18. The van der Waals surface area contributed by atoms with E-state index in [4.69, 9.17) is 5.84 Å². The first-order valence-corrected chi connectivity index (χ1v) is 7.98. The fourth-order valence-corrected chi connectivity index (χ4v) is 3.42. The molecule has 0 radical (unpaired) electrons. The molecule has 0 saturated carbocycles. The van der Waals surface area contributed by atoms with E-state index < -0.39 is 0 Å². The lowest BCUT2D eigenvalue weighted by Crippen LogP contribution is -2.31. The minimum absolute atomic E-state index is 0.120. The third-order valence-electron chi connectivity index (χ3n) is 3.11. The highest BCUT2D eigenvalue weighted by atomic mass is 79.9. The number of aromatic nitrogens is 2. The van der Waals surface area contributed by atoms with Crippen molar-refractivity contribution in [2.24, 2.45) is 5.84 Å². The SMILES string of the molecule is Cc1cc(Br)cc(C(NN)c2c(Br)cnn2C(C)C)c1. The molecule has 3 N–H and O–H groups in total. The Bertz CT molecular complexity index is 587. The molecule has 1 unspecified atom stereocenters. The minimum Gasteiger partial charge on any atom is -0.271 e. The summed E-state index contributed by atoms with van der Waals surface area (Å²) >= 11 is 7.11. The van der Waals surface area contributed by atoms with Crippen LogP contribution in [0.5, 0.6) is 0 Å². The summed E-state index contributed by atoms with van der Waals surface area (Å²) in [6.45, 7) is 6.27. The van der Waals surface area contributed by atoms with Gasteiger partial charge >= 0.3 is 0 Å². The van der Waals surface area contributed by atoms with Crippen LogP contribution in [0.25, 0.3) is 0 Å². The van der Waals surface area contributed by atoms with Crippen LogP contribution >= 0.6 is 31.9 Å². The summed E-state index contributed by atoms with van der Waals surface area (Å²) in [4.78, 5) is 0. The van der Waals surface area contributed by atoms with E-state index in [1.54, 1.807) is 0 Å². The molecule has 6 heteroatoms. The molecule has 108 valence electrons. The maximum absolute atomic E-state index is 5.81. The van der Waals surface area contributed by atoms with E-state index in [1.807, 2.05) is 10.9 Å². The van der Waals surface area contributed by atoms with Crippen molar-refractivity contribution in [3.63, 3.8) is 0 Å². The predicted octanol–water partition coefficient (Wildman–Crippen LogP) is 3.85. The fraction of sp³-hybridized carbons (Fsp3) is 0.357. The second-order valence-corrected chi connectivity index (χ2v) is 6.85. The summed E-state index contributed by atoms with van der Waals surface area (Å²) in [6.07, 6.45) is 1.81. The van der Waals surface area contributed by atoms with Gasteiger partial charge in [0.05, 0.1) is 22.4 Å².